The predicted octanol–water partition coefficient (Wildman–Crippen LogP) is 6.26. The number of aromatic nitrogens is 1. The minimum absolute atomic E-state index is 0.237. The SMILES string of the molecule is CCOC(=O)c1c(Br)c(-c2ccc(F)cc2)n(-c2ccc(F)cc2)c1CBr. The van der Waals surface area contributed by atoms with E-state index in [1.54, 1.807) is 31.2 Å². The average molecular weight is 499 g/mol. The molecule has 0 fully saturated rings. The van der Waals surface area contributed by atoms with Crippen molar-refractivity contribution in [1.29, 1.82) is 0 Å². The Bertz CT molecular complexity index is 967. The molecule has 3 rings (SSSR count). The van der Waals surface area contributed by atoms with Crippen LogP contribution in [0.25, 0.3) is 16.9 Å². The molecule has 0 bridgehead atoms. The molecular formula is C20H15Br2F2NO2. The van der Waals surface area contributed by atoms with Gasteiger partial charge in [0.1, 0.15) is 11.6 Å². The van der Waals surface area contributed by atoms with Gasteiger partial charge in [0.15, 0.2) is 0 Å². The van der Waals surface area contributed by atoms with Gasteiger partial charge < -0.3 is 9.30 Å². The number of halogens is 4. The number of ether oxygens (including phenoxy) is 1. The Morgan fingerprint density at radius 1 is 1.04 bits per heavy atom. The van der Waals surface area contributed by atoms with Crippen LogP contribution in [0.5, 0.6) is 0 Å². The van der Waals surface area contributed by atoms with E-state index in [-0.39, 0.29) is 18.2 Å². The lowest BCUT2D eigenvalue weighted by atomic mass is 10.1. The Balaban J connectivity index is 2.34. The second-order valence-corrected chi connectivity index (χ2v) is 7.01. The normalized spacial score (nSPS) is 10.9. The summed E-state index contributed by atoms with van der Waals surface area (Å²) in [7, 11) is 0. The van der Waals surface area contributed by atoms with Gasteiger partial charge in [-0.05, 0) is 76.9 Å². The zero-order valence-electron chi connectivity index (χ0n) is 14.3. The Kier molecular flexibility index (Phi) is 6.11. The van der Waals surface area contributed by atoms with Crippen LogP contribution in [0.2, 0.25) is 0 Å². The third kappa shape index (κ3) is 3.84. The third-order valence-electron chi connectivity index (χ3n) is 4.02. The fraction of sp³-hybridized carbons (Fsp3) is 0.150. The summed E-state index contributed by atoms with van der Waals surface area (Å²) >= 11 is 6.96. The number of esters is 1. The summed E-state index contributed by atoms with van der Waals surface area (Å²) in [5.41, 5.74) is 3.04. The summed E-state index contributed by atoms with van der Waals surface area (Å²) < 4.78 is 34.4. The molecule has 0 spiro atoms. The Labute approximate surface area is 172 Å². The first-order chi connectivity index (χ1) is 13.0. The topological polar surface area (TPSA) is 31.2 Å². The smallest absolute Gasteiger partial charge is 0.341 e. The number of carbonyl (C=O) groups excluding carboxylic acids is 1. The monoisotopic (exact) mass is 497 g/mol. The summed E-state index contributed by atoms with van der Waals surface area (Å²) in [6, 6.07) is 11.9. The van der Waals surface area contributed by atoms with Gasteiger partial charge in [-0.3, -0.25) is 0 Å². The third-order valence-corrected chi connectivity index (χ3v) is 5.32. The number of benzene rings is 2. The van der Waals surface area contributed by atoms with Crippen molar-refractivity contribution >= 4 is 37.8 Å². The van der Waals surface area contributed by atoms with Gasteiger partial charge in [0.05, 0.1) is 22.3 Å². The molecule has 0 radical (unpaired) electrons. The number of rotatable bonds is 5. The van der Waals surface area contributed by atoms with E-state index in [9.17, 15) is 13.6 Å². The van der Waals surface area contributed by atoms with Crippen LogP contribution in [0.4, 0.5) is 8.78 Å². The first-order valence-electron chi connectivity index (χ1n) is 8.16. The van der Waals surface area contributed by atoms with E-state index >= 15 is 0 Å². The molecule has 3 aromatic rings. The number of alkyl halides is 1. The zero-order chi connectivity index (χ0) is 19.6. The van der Waals surface area contributed by atoms with Crippen molar-refractivity contribution in [3.8, 4) is 16.9 Å². The highest BCUT2D eigenvalue weighted by Gasteiger charge is 2.28. The first kappa shape index (κ1) is 19.8. The minimum atomic E-state index is -0.469. The van der Waals surface area contributed by atoms with Gasteiger partial charge in [-0.25, -0.2) is 13.6 Å². The molecule has 3 nitrogen and oxygen atoms in total. The van der Waals surface area contributed by atoms with Gasteiger partial charge in [-0.2, -0.15) is 0 Å². The van der Waals surface area contributed by atoms with Crippen LogP contribution in [-0.4, -0.2) is 17.1 Å². The van der Waals surface area contributed by atoms with Gasteiger partial charge in [0.25, 0.3) is 0 Å². The molecule has 0 saturated heterocycles. The fourth-order valence-electron chi connectivity index (χ4n) is 2.87. The Morgan fingerprint density at radius 3 is 2.11 bits per heavy atom. The molecule has 1 aromatic heterocycles. The summed E-state index contributed by atoms with van der Waals surface area (Å²) in [6.07, 6.45) is 0. The van der Waals surface area contributed by atoms with Crippen LogP contribution in [0.15, 0.2) is 53.0 Å². The molecule has 0 amide bonds. The van der Waals surface area contributed by atoms with Crippen molar-refractivity contribution in [2.24, 2.45) is 0 Å². The quantitative estimate of drug-likeness (QED) is 0.307. The van der Waals surface area contributed by atoms with Crippen LogP contribution in [0.1, 0.15) is 23.0 Å². The lowest BCUT2D eigenvalue weighted by molar-refractivity contribution is 0.0524. The van der Waals surface area contributed by atoms with Crippen LogP contribution in [0.3, 0.4) is 0 Å². The first-order valence-corrected chi connectivity index (χ1v) is 10.1. The highest BCUT2D eigenvalue weighted by Crippen LogP contribution is 2.39. The van der Waals surface area contributed by atoms with E-state index in [0.29, 0.717) is 38.0 Å². The second kappa shape index (κ2) is 8.35. The fourth-order valence-corrected chi connectivity index (χ4v) is 4.19. The molecule has 140 valence electrons. The molecule has 0 saturated carbocycles. The molecule has 7 heteroatoms. The average Bonchev–Trinajstić information content (AvgIpc) is 2.95. The largest absolute Gasteiger partial charge is 0.462 e. The van der Waals surface area contributed by atoms with Crippen molar-refractivity contribution < 1.29 is 18.3 Å². The molecule has 0 aliphatic carbocycles. The van der Waals surface area contributed by atoms with E-state index in [0.717, 1.165) is 0 Å². The molecule has 0 aliphatic rings. The van der Waals surface area contributed by atoms with Crippen molar-refractivity contribution in [1.82, 2.24) is 4.57 Å². The molecule has 0 atom stereocenters. The maximum atomic E-state index is 13.4. The maximum Gasteiger partial charge on any atom is 0.341 e. The van der Waals surface area contributed by atoms with Crippen molar-refractivity contribution in [2.75, 3.05) is 6.61 Å². The van der Waals surface area contributed by atoms with E-state index in [1.165, 1.54) is 24.3 Å². The molecule has 0 unspecified atom stereocenters. The number of carbonyl (C=O) groups is 1. The highest BCUT2D eigenvalue weighted by atomic mass is 79.9. The maximum absolute atomic E-state index is 13.4. The molecule has 1 heterocycles. The van der Waals surface area contributed by atoms with Crippen molar-refractivity contribution in [3.05, 3.63) is 75.9 Å². The molecule has 27 heavy (non-hydrogen) atoms. The standard InChI is InChI=1S/C20H15Br2F2NO2/c1-2-27-20(26)17-16(11-21)25(15-9-7-14(24)8-10-15)19(18(17)22)12-3-5-13(23)6-4-12/h3-10H,2,11H2,1H3. The molecular weight excluding hydrogens is 484 g/mol. The van der Waals surface area contributed by atoms with Gasteiger partial charge in [0, 0.05) is 16.7 Å². The van der Waals surface area contributed by atoms with Gasteiger partial charge in [-0.15, -0.1) is 0 Å². The summed E-state index contributed by atoms with van der Waals surface area (Å²) in [5.74, 6) is -1.19. The lowest BCUT2D eigenvalue weighted by Gasteiger charge is -2.13. The number of hydrogen-bond acceptors (Lipinski definition) is 2. The highest BCUT2D eigenvalue weighted by molar-refractivity contribution is 9.10. The Hall–Kier alpha value is -1.99. The van der Waals surface area contributed by atoms with Gasteiger partial charge in [-0.1, -0.05) is 15.9 Å². The number of nitrogens with zero attached hydrogens (tertiary/aromatic N) is 1. The van der Waals surface area contributed by atoms with E-state index < -0.39 is 5.97 Å². The molecule has 0 N–H and O–H groups in total. The summed E-state index contributed by atoms with van der Waals surface area (Å²) in [4.78, 5) is 12.6. The van der Waals surface area contributed by atoms with Gasteiger partial charge >= 0.3 is 5.97 Å². The molecule has 2 aromatic carbocycles. The van der Waals surface area contributed by atoms with E-state index in [2.05, 4.69) is 31.9 Å². The summed E-state index contributed by atoms with van der Waals surface area (Å²) in [5, 5.41) is 0.359. The predicted molar refractivity (Wildman–Crippen MR) is 107 cm³/mol. The Morgan fingerprint density at radius 2 is 1.59 bits per heavy atom. The van der Waals surface area contributed by atoms with E-state index in [4.69, 9.17) is 4.74 Å². The van der Waals surface area contributed by atoms with E-state index in [1.807, 2.05) is 4.57 Å². The summed E-state index contributed by atoms with van der Waals surface area (Å²) in [6.45, 7) is 1.97. The minimum Gasteiger partial charge on any atom is -0.462 e. The number of hydrogen-bond donors (Lipinski definition) is 0. The van der Waals surface area contributed by atoms with Crippen molar-refractivity contribution in [2.45, 2.75) is 12.3 Å². The van der Waals surface area contributed by atoms with Gasteiger partial charge in [0.2, 0.25) is 0 Å². The second-order valence-electron chi connectivity index (χ2n) is 5.66. The van der Waals surface area contributed by atoms with Crippen molar-refractivity contribution in [3.63, 3.8) is 0 Å². The lowest BCUT2D eigenvalue weighted by Crippen LogP contribution is -2.08. The van der Waals surface area contributed by atoms with Crippen LogP contribution < -0.4 is 0 Å². The van der Waals surface area contributed by atoms with Crippen LogP contribution in [-0.2, 0) is 10.1 Å². The molecule has 0 aliphatic heterocycles. The van der Waals surface area contributed by atoms with Crippen LogP contribution >= 0.6 is 31.9 Å². The zero-order valence-corrected chi connectivity index (χ0v) is 17.5. The van der Waals surface area contributed by atoms with Crippen LogP contribution in [0, 0.1) is 11.6 Å².